The fourth-order valence-corrected chi connectivity index (χ4v) is 1.09. The van der Waals surface area contributed by atoms with Crippen molar-refractivity contribution >= 4 is 5.69 Å². The molecule has 0 radical (unpaired) electrons. The molecule has 0 bridgehead atoms. The van der Waals surface area contributed by atoms with E-state index in [9.17, 15) is 0 Å². The second-order valence-corrected chi connectivity index (χ2v) is 3.13. The van der Waals surface area contributed by atoms with Crippen LogP contribution in [-0.2, 0) is 0 Å². The van der Waals surface area contributed by atoms with Crippen LogP contribution < -0.4 is 11.1 Å². The smallest absolute Gasteiger partial charge is 0.0347 e. The molecule has 1 aromatic rings. The molecule has 0 unspecified atom stereocenters. The molecule has 0 aliphatic rings. The Morgan fingerprint density at radius 1 is 1.42 bits per heavy atom. The van der Waals surface area contributed by atoms with E-state index in [1.807, 2.05) is 20.0 Å². The molecule has 3 N–H and O–H groups in total. The summed E-state index contributed by atoms with van der Waals surface area (Å²) in [7, 11) is 1.95. The normalized spacial score (nSPS) is 12.9. The Kier molecular flexibility index (Phi) is 2.71. The molecular weight excluding hydrogens is 148 g/mol. The summed E-state index contributed by atoms with van der Waals surface area (Å²) in [4.78, 5) is 0. The Labute approximate surface area is 73.8 Å². The first kappa shape index (κ1) is 9.07. The number of hydrogen-bond acceptors (Lipinski definition) is 2. The second-order valence-electron chi connectivity index (χ2n) is 3.13. The van der Waals surface area contributed by atoms with Crippen LogP contribution in [0, 0.1) is 6.92 Å². The molecule has 0 aliphatic carbocycles. The van der Waals surface area contributed by atoms with E-state index in [0.29, 0.717) is 6.04 Å². The van der Waals surface area contributed by atoms with Crippen LogP contribution in [0.1, 0.15) is 24.1 Å². The quantitative estimate of drug-likeness (QED) is 0.655. The van der Waals surface area contributed by atoms with Gasteiger partial charge in [0.05, 0.1) is 0 Å². The first-order valence-corrected chi connectivity index (χ1v) is 4.18. The van der Waals surface area contributed by atoms with E-state index in [-0.39, 0.29) is 0 Å². The Morgan fingerprint density at radius 3 is 2.58 bits per heavy atom. The van der Waals surface area contributed by atoms with Crippen LogP contribution in [0.3, 0.4) is 0 Å². The van der Waals surface area contributed by atoms with Gasteiger partial charge in [0.25, 0.3) is 0 Å². The lowest BCUT2D eigenvalue weighted by atomic mass is 10.1. The largest absolute Gasteiger partial charge is 0.399 e. The van der Waals surface area contributed by atoms with Crippen LogP contribution in [0.5, 0.6) is 0 Å². The van der Waals surface area contributed by atoms with E-state index in [4.69, 9.17) is 5.73 Å². The molecule has 66 valence electrons. The minimum atomic E-state index is 0.368. The van der Waals surface area contributed by atoms with Crippen LogP contribution in [0.2, 0.25) is 0 Å². The van der Waals surface area contributed by atoms with Crippen molar-refractivity contribution in [3.63, 3.8) is 0 Å². The molecule has 0 aromatic heterocycles. The summed E-state index contributed by atoms with van der Waals surface area (Å²) in [5.74, 6) is 0. The zero-order valence-electron chi connectivity index (χ0n) is 7.89. The molecule has 2 heteroatoms. The predicted octanol–water partition coefficient (Wildman–Crippen LogP) is 1.86. The van der Waals surface area contributed by atoms with Gasteiger partial charge >= 0.3 is 0 Å². The van der Waals surface area contributed by atoms with Gasteiger partial charge in [-0.15, -0.1) is 0 Å². The van der Waals surface area contributed by atoms with E-state index < -0.39 is 0 Å². The van der Waals surface area contributed by atoms with Gasteiger partial charge in [0.15, 0.2) is 0 Å². The summed E-state index contributed by atoms with van der Waals surface area (Å²) in [5.41, 5.74) is 9.03. The Morgan fingerprint density at radius 2 is 2.08 bits per heavy atom. The maximum Gasteiger partial charge on any atom is 0.0347 e. The summed E-state index contributed by atoms with van der Waals surface area (Å²) in [6.07, 6.45) is 0. The van der Waals surface area contributed by atoms with E-state index in [1.54, 1.807) is 0 Å². The number of rotatable bonds is 2. The monoisotopic (exact) mass is 164 g/mol. The predicted molar refractivity (Wildman–Crippen MR) is 53.1 cm³/mol. The molecule has 2 nitrogen and oxygen atoms in total. The number of anilines is 1. The zero-order chi connectivity index (χ0) is 9.14. The highest BCUT2D eigenvalue weighted by Crippen LogP contribution is 2.18. The molecule has 12 heavy (non-hydrogen) atoms. The number of benzene rings is 1. The van der Waals surface area contributed by atoms with Crippen LogP contribution in [-0.4, -0.2) is 7.05 Å². The minimum Gasteiger partial charge on any atom is -0.399 e. The van der Waals surface area contributed by atoms with Gasteiger partial charge in [-0.05, 0) is 38.1 Å². The van der Waals surface area contributed by atoms with Crippen molar-refractivity contribution in [1.29, 1.82) is 0 Å². The van der Waals surface area contributed by atoms with Crippen molar-refractivity contribution in [2.45, 2.75) is 19.9 Å². The van der Waals surface area contributed by atoms with Crippen molar-refractivity contribution in [2.75, 3.05) is 12.8 Å². The zero-order valence-corrected chi connectivity index (χ0v) is 7.89. The van der Waals surface area contributed by atoms with Crippen molar-refractivity contribution in [1.82, 2.24) is 5.32 Å². The van der Waals surface area contributed by atoms with Crippen LogP contribution >= 0.6 is 0 Å². The Bertz CT molecular complexity index is 269. The maximum absolute atomic E-state index is 5.79. The standard InChI is InChI=1S/C10H16N2/c1-7-4-5-9(6-10(7)11)8(2)12-3/h4-6,8,12H,11H2,1-3H3/t8-/m0/s1. The average molecular weight is 164 g/mol. The lowest BCUT2D eigenvalue weighted by Crippen LogP contribution is -2.12. The molecule has 0 amide bonds. The number of aryl methyl sites for hydroxylation is 1. The van der Waals surface area contributed by atoms with Crippen molar-refractivity contribution in [3.05, 3.63) is 29.3 Å². The fourth-order valence-electron chi connectivity index (χ4n) is 1.09. The lowest BCUT2D eigenvalue weighted by Gasteiger charge is -2.11. The molecule has 0 heterocycles. The van der Waals surface area contributed by atoms with Gasteiger partial charge in [0.1, 0.15) is 0 Å². The molecule has 0 saturated carbocycles. The number of nitrogens with two attached hydrogens (primary N) is 1. The summed E-state index contributed by atoms with van der Waals surface area (Å²) >= 11 is 0. The molecule has 0 saturated heterocycles. The maximum atomic E-state index is 5.79. The van der Waals surface area contributed by atoms with Gasteiger partial charge in [-0.25, -0.2) is 0 Å². The SMILES string of the molecule is CN[C@@H](C)c1ccc(C)c(N)c1. The third kappa shape index (κ3) is 1.77. The van der Waals surface area contributed by atoms with E-state index in [1.165, 1.54) is 5.56 Å². The average Bonchev–Trinajstić information content (AvgIpc) is 2.08. The fraction of sp³-hybridized carbons (Fsp3) is 0.400. The highest BCUT2D eigenvalue weighted by atomic mass is 14.9. The van der Waals surface area contributed by atoms with Gasteiger partial charge in [-0.1, -0.05) is 12.1 Å². The Hall–Kier alpha value is -1.02. The molecule has 0 spiro atoms. The summed E-state index contributed by atoms with van der Waals surface area (Å²) in [6.45, 7) is 4.13. The van der Waals surface area contributed by atoms with Gasteiger partial charge in [0.2, 0.25) is 0 Å². The minimum absolute atomic E-state index is 0.368. The van der Waals surface area contributed by atoms with E-state index >= 15 is 0 Å². The first-order chi connectivity index (χ1) is 5.65. The third-order valence-electron chi connectivity index (χ3n) is 2.24. The summed E-state index contributed by atoms with van der Waals surface area (Å²) in [5, 5.41) is 3.17. The molecule has 1 aromatic carbocycles. The number of hydrogen-bond donors (Lipinski definition) is 2. The van der Waals surface area contributed by atoms with Crippen LogP contribution in [0.4, 0.5) is 5.69 Å². The topological polar surface area (TPSA) is 38.0 Å². The van der Waals surface area contributed by atoms with Crippen LogP contribution in [0.25, 0.3) is 0 Å². The van der Waals surface area contributed by atoms with Gasteiger partial charge in [-0.3, -0.25) is 0 Å². The lowest BCUT2D eigenvalue weighted by molar-refractivity contribution is 0.652. The van der Waals surface area contributed by atoms with Crippen molar-refractivity contribution in [3.8, 4) is 0 Å². The van der Waals surface area contributed by atoms with E-state index in [0.717, 1.165) is 11.3 Å². The molecule has 0 fully saturated rings. The molecule has 1 rings (SSSR count). The molecule has 0 aliphatic heterocycles. The molecular formula is C10H16N2. The third-order valence-corrected chi connectivity index (χ3v) is 2.24. The van der Waals surface area contributed by atoms with Gasteiger partial charge in [-0.2, -0.15) is 0 Å². The summed E-state index contributed by atoms with van der Waals surface area (Å²) < 4.78 is 0. The number of nitrogens with one attached hydrogen (secondary N) is 1. The highest BCUT2D eigenvalue weighted by Gasteiger charge is 2.02. The second kappa shape index (κ2) is 3.59. The first-order valence-electron chi connectivity index (χ1n) is 4.18. The summed E-state index contributed by atoms with van der Waals surface area (Å²) in [6, 6.07) is 6.55. The Balaban J connectivity index is 2.96. The van der Waals surface area contributed by atoms with Crippen LogP contribution in [0.15, 0.2) is 18.2 Å². The van der Waals surface area contributed by atoms with Crippen molar-refractivity contribution in [2.24, 2.45) is 0 Å². The van der Waals surface area contributed by atoms with Gasteiger partial charge in [0, 0.05) is 11.7 Å². The highest BCUT2D eigenvalue weighted by molar-refractivity contribution is 5.48. The number of nitrogen functional groups attached to an aromatic ring is 1. The molecule has 1 atom stereocenters. The van der Waals surface area contributed by atoms with Crippen molar-refractivity contribution < 1.29 is 0 Å². The van der Waals surface area contributed by atoms with Gasteiger partial charge < -0.3 is 11.1 Å². The van der Waals surface area contributed by atoms with E-state index in [2.05, 4.69) is 24.4 Å².